The number of amides is 1. The maximum Gasteiger partial charge on any atom is 0.415 e. The summed E-state index contributed by atoms with van der Waals surface area (Å²) in [4.78, 5) is 14.2. The van der Waals surface area contributed by atoms with Crippen LogP contribution in [0.3, 0.4) is 0 Å². The third kappa shape index (κ3) is 8.44. The Kier molecular flexibility index (Phi) is 10.9. The van der Waals surface area contributed by atoms with Crippen LogP contribution in [0.5, 0.6) is 0 Å². The zero-order valence-electron chi connectivity index (χ0n) is 18.2. The van der Waals surface area contributed by atoms with Crippen LogP contribution in [0.4, 0.5) is 4.79 Å². The van der Waals surface area contributed by atoms with Crippen molar-refractivity contribution < 1.29 is 19.4 Å². The molecule has 158 valence electrons. The molecule has 1 N–H and O–H groups in total. The Balaban J connectivity index is 2.63. The van der Waals surface area contributed by atoms with Crippen molar-refractivity contribution in [1.29, 1.82) is 0 Å². The molecule has 0 aliphatic heterocycles. The van der Waals surface area contributed by atoms with Gasteiger partial charge in [0.25, 0.3) is 0 Å². The zero-order valence-corrected chi connectivity index (χ0v) is 18.2. The number of benzene rings is 1. The van der Waals surface area contributed by atoms with E-state index < -0.39 is 6.10 Å². The van der Waals surface area contributed by atoms with Crippen LogP contribution in [0, 0.1) is 5.92 Å². The molecular weight excluding hydrogens is 354 g/mol. The van der Waals surface area contributed by atoms with Gasteiger partial charge in [-0.25, -0.2) is 4.79 Å². The van der Waals surface area contributed by atoms with E-state index in [2.05, 4.69) is 0 Å². The zero-order chi connectivity index (χ0) is 21.1. The molecule has 1 amide bonds. The van der Waals surface area contributed by atoms with Crippen LogP contribution in [0.25, 0.3) is 0 Å². The quantitative estimate of drug-likeness (QED) is 0.419. The molecule has 0 bridgehead atoms. The lowest BCUT2D eigenvalue weighted by Crippen LogP contribution is -2.42. The van der Waals surface area contributed by atoms with Crippen molar-refractivity contribution >= 4 is 6.09 Å². The van der Waals surface area contributed by atoms with Gasteiger partial charge in [-0.3, -0.25) is 0 Å². The molecule has 5 heteroatoms. The molecule has 0 heterocycles. The van der Waals surface area contributed by atoms with Crippen LogP contribution in [0.1, 0.15) is 59.9 Å². The Morgan fingerprint density at radius 1 is 1.14 bits per heavy atom. The lowest BCUT2D eigenvalue weighted by atomic mass is 9.96. The third-order valence-corrected chi connectivity index (χ3v) is 4.64. The van der Waals surface area contributed by atoms with E-state index in [4.69, 9.17) is 9.47 Å². The van der Waals surface area contributed by atoms with Crippen LogP contribution in [0.2, 0.25) is 0 Å². The molecule has 0 saturated heterocycles. The predicted molar refractivity (Wildman–Crippen MR) is 113 cm³/mol. The van der Waals surface area contributed by atoms with Gasteiger partial charge < -0.3 is 19.5 Å². The molecule has 0 unspecified atom stereocenters. The van der Waals surface area contributed by atoms with E-state index in [1.807, 2.05) is 71.0 Å². The largest absolute Gasteiger partial charge is 0.415 e. The van der Waals surface area contributed by atoms with Gasteiger partial charge in [-0.15, -0.1) is 0 Å². The molecule has 0 aliphatic carbocycles. The van der Waals surface area contributed by atoms with Crippen molar-refractivity contribution in [2.24, 2.45) is 5.92 Å². The molecule has 2 atom stereocenters. The lowest BCUT2D eigenvalue weighted by Gasteiger charge is -2.30. The van der Waals surface area contributed by atoms with E-state index in [1.54, 1.807) is 11.8 Å². The van der Waals surface area contributed by atoms with Gasteiger partial charge in [-0.2, -0.15) is 0 Å². The van der Waals surface area contributed by atoms with Gasteiger partial charge in [0.1, 0.15) is 5.76 Å². The molecule has 1 aromatic carbocycles. The number of aliphatic hydroxyl groups is 1. The summed E-state index contributed by atoms with van der Waals surface area (Å²) in [7, 11) is 0. The standard InChI is InChI=1S/C23H37NO4/c1-7-22(25)21(13-14-27-16-20-11-9-8-10-12-20)15-19(6)28-23(26)24(17(2)3)18(4)5/h8-12,15,17-18,21-22,25H,7,13-14,16H2,1-6H3/b19-15-/t21-,22+/m0/s1. The highest BCUT2D eigenvalue weighted by Crippen LogP contribution is 2.19. The van der Waals surface area contributed by atoms with Crippen molar-refractivity contribution in [3.63, 3.8) is 0 Å². The SMILES string of the molecule is CC[C@@H](O)[C@H](/C=C(/C)OC(=O)N(C(C)C)C(C)C)CCOCc1ccccc1. The van der Waals surface area contributed by atoms with Crippen LogP contribution in [0.15, 0.2) is 42.2 Å². The van der Waals surface area contributed by atoms with E-state index in [0.29, 0.717) is 31.8 Å². The summed E-state index contributed by atoms with van der Waals surface area (Å²) in [6, 6.07) is 10.1. The highest BCUT2D eigenvalue weighted by Gasteiger charge is 2.23. The van der Waals surface area contributed by atoms with E-state index in [1.165, 1.54) is 0 Å². The summed E-state index contributed by atoms with van der Waals surface area (Å²) in [6.45, 7) is 12.6. The maximum atomic E-state index is 12.5. The Bertz CT molecular complexity index is 590. The van der Waals surface area contributed by atoms with Crippen LogP contribution >= 0.6 is 0 Å². The van der Waals surface area contributed by atoms with Crippen molar-refractivity contribution in [2.75, 3.05) is 6.61 Å². The van der Waals surface area contributed by atoms with Gasteiger partial charge in [0, 0.05) is 24.6 Å². The highest BCUT2D eigenvalue weighted by atomic mass is 16.6. The van der Waals surface area contributed by atoms with E-state index in [-0.39, 0.29) is 24.1 Å². The van der Waals surface area contributed by atoms with Gasteiger partial charge in [0.05, 0.1) is 12.7 Å². The summed E-state index contributed by atoms with van der Waals surface area (Å²) >= 11 is 0. The first kappa shape index (κ1) is 24.2. The fraction of sp³-hybridized carbons (Fsp3) is 0.609. The molecular formula is C23H37NO4. The first-order chi connectivity index (χ1) is 13.3. The van der Waals surface area contributed by atoms with Crippen LogP contribution in [-0.4, -0.2) is 40.9 Å². The average Bonchev–Trinajstić information content (AvgIpc) is 2.63. The Morgan fingerprint density at radius 2 is 1.75 bits per heavy atom. The van der Waals surface area contributed by atoms with Crippen LogP contribution < -0.4 is 0 Å². The Morgan fingerprint density at radius 3 is 2.29 bits per heavy atom. The minimum absolute atomic E-state index is 0.0590. The van der Waals surface area contributed by atoms with Crippen molar-refractivity contribution in [3.8, 4) is 0 Å². The lowest BCUT2D eigenvalue weighted by molar-refractivity contribution is 0.0709. The predicted octanol–water partition coefficient (Wildman–Crippen LogP) is 5.14. The number of carbonyl (C=O) groups is 1. The van der Waals surface area contributed by atoms with E-state index >= 15 is 0 Å². The van der Waals surface area contributed by atoms with Crippen molar-refractivity contribution in [1.82, 2.24) is 4.90 Å². The summed E-state index contributed by atoms with van der Waals surface area (Å²) < 4.78 is 11.3. The molecule has 1 aromatic rings. The molecule has 5 nitrogen and oxygen atoms in total. The van der Waals surface area contributed by atoms with Crippen LogP contribution in [-0.2, 0) is 16.1 Å². The van der Waals surface area contributed by atoms with Gasteiger partial charge in [0.2, 0.25) is 0 Å². The number of ether oxygens (including phenoxy) is 2. The number of carbonyl (C=O) groups excluding carboxylic acids is 1. The fourth-order valence-electron chi connectivity index (χ4n) is 3.22. The number of aliphatic hydroxyl groups excluding tert-OH is 1. The molecule has 0 saturated carbocycles. The second-order valence-electron chi connectivity index (χ2n) is 7.71. The molecule has 0 aromatic heterocycles. The van der Waals surface area contributed by atoms with Gasteiger partial charge in [0.15, 0.2) is 0 Å². The minimum atomic E-state index is -0.500. The second-order valence-corrected chi connectivity index (χ2v) is 7.71. The monoisotopic (exact) mass is 391 g/mol. The number of hydrogen-bond acceptors (Lipinski definition) is 4. The van der Waals surface area contributed by atoms with E-state index in [0.717, 1.165) is 5.56 Å². The smallest absolute Gasteiger partial charge is 0.415 e. The number of allylic oxidation sites excluding steroid dienone is 1. The molecule has 0 fully saturated rings. The molecule has 28 heavy (non-hydrogen) atoms. The summed E-state index contributed by atoms with van der Waals surface area (Å²) in [5.41, 5.74) is 1.12. The third-order valence-electron chi connectivity index (χ3n) is 4.64. The number of hydrogen-bond donors (Lipinski definition) is 1. The van der Waals surface area contributed by atoms with Gasteiger partial charge >= 0.3 is 6.09 Å². The molecule has 0 spiro atoms. The van der Waals surface area contributed by atoms with Gasteiger partial charge in [-0.1, -0.05) is 37.3 Å². The van der Waals surface area contributed by atoms with E-state index in [9.17, 15) is 9.90 Å². The molecule has 1 rings (SSSR count). The first-order valence-electron chi connectivity index (χ1n) is 10.2. The molecule has 0 aliphatic rings. The first-order valence-corrected chi connectivity index (χ1v) is 10.2. The topological polar surface area (TPSA) is 59.0 Å². The highest BCUT2D eigenvalue weighted by molar-refractivity contribution is 5.69. The fourth-order valence-corrected chi connectivity index (χ4v) is 3.22. The normalized spacial score (nSPS) is 14.2. The van der Waals surface area contributed by atoms with Crippen molar-refractivity contribution in [3.05, 3.63) is 47.7 Å². The summed E-state index contributed by atoms with van der Waals surface area (Å²) in [6.07, 6.45) is 2.28. The maximum absolute atomic E-state index is 12.5. The summed E-state index contributed by atoms with van der Waals surface area (Å²) in [5, 5.41) is 10.4. The average molecular weight is 392 g/mol. The number of rotatable bonds is 11. The second kappa shape index (κ2) is 12.6. The van der Waals surface area contributed by atoms with Crippen molar-refractivity contribution in [2.45, 2.75) is 79.2 Å². The Hall–Kier alpha value is -1.85. The van der Waals surface area contributed by atoms with Gasteiger partial charge in [-0.05, 0) is 59.1 Å². The number of nitrogens with zero attached hydrogens (tertiary/aromatic N) is 1. The summed E-state index contributed by atoms with van der Waals surface area (Å²) in [5.74, 6) is 0.386. The minimum Gasteiger partial charge on any atom is -0.415 e. The molecule has 0 radical (unpaired) electrons. The Labute approximate surface area is 170 Å².